The highest BCUT2D eigenvalue weighted by atomic mass is 32.2. The summed E-state index contributed by atoms with van der Waals surface area (Å²) in [5, 5.41) is 0. The summed E-state index contributed by atoms with van der Waals surface area (Å²) >= 11 is 0. The van der Waals surface area contributed by atoms with Crippen molar-refractivity contribution in [3.63, 3.8) is 0 Å². The van der Waals surface area contributed by atoms with Gasteiger partial charge in [0.25, 0.3) is 0 Å². The first kappa shape index (κ1) is 14.9. The lowest BCUT2D eigenvalue weighted by molar-refractivity contribution is 0.581. The molecule has 1 aliphatic heterocycles. The van der Waals surface area contributed by atoms with E-state index in [-0.39, 0.29) is 6.54 Å². The number of imidazole rings is 1. The topological polar surface area (TPSA) is 93.0 Å². The number of hydrogen-bond acceptors (Lipinski definition) is 6. The lowest BCUT2D eigenvalue weighted by Gasteiger charge is -2.19. The van der Waals surface area contributed by atoms with E-state index in [1.807, 2.05) is 0 Å². The Balaban J connectivity index is 1.73. The molecule has 1 N–H and O–H groups in total. The van der Waals surface area contributed by atoms with Gasteiger partial charge in [-0.1, -0.05) is 0 Å². The average Bonchev–Trinajstić information content (AvgIpc) is 2.75. The summed E-state index contributed by atoms with van der Waals surface area (Å²) in [7, 11) is -3.21. The van der Waals surface area contributed by atoms with E-state index < -0.39 is 10.0 Å². The van der Waals surface area contributed by atoms with Crippen LogP contribution in [0.1, 0.15) is 11.5 Å². The quantitative estimate of drug-likeness (QED) is 0.837. The molecule has 1 aliphatic rings. The number of sulfonamides is 1. The van der Waals surface area contributed by atoms with Gasteiger partial charge in [-0.3, -0.25) is 0 Å². The molecule has 0 spiro atoms. The molecule has 0 aromatic carbocycles. The van der Waals surface area contributed by atoms with E-state index in [9.17, 15) is 8.42 Å². The highest BCUT2D eigenvalue weighted by Crippen LogP contribution is 2.14. The number of aromatic nitrogens is 4. The molecule has 8 nitrogen and oxygen atoms in total. The van der Waals surface area contributed by atoms with Gasteiger partial charge >= 0.3 is 0 Å². The molecular weight excluding hydrogens is 304 g/mol. The third-order valence-corrected chi connectivity index (χ3v) is 4.24. The SMILES string of the molecule is CS(=O)(=O)NCc1cnc2n1CCN(c1ncccn1)CC2. The second-order valence-corrected chi connectivity index (χ2v) is 7.03. The minimum absolute atomic E-state index is 0.258. The average molecular weight is 322 g/mol. The van der Waals surface area contributed by atoms with Crippen molar-refractivity contribution in [2.24, 2.45) is 0 Å². The molecule has 0 aliphatic carbocycles. The van der Waals surface area contributed by atoms with E-state index in [4.69, 9.17) is 0 Å². The van der Waals surface area contributed by atoms with Crippen LogP contribution in [0.25, 0.3) is 0 Å². The van der Waals surface area contributed by atoms with Crippen molar-refractivity contribution in [1.29, 1.82) is 0 Å². The molecule has 0 radical (unpaired) electrons. The summed E-state index contributed by atoms with van der Waals surface area (Å²) in [6.45, 7) is 2.54. The van der Waals surface area contributed by atoms with Gasteiger partial charge in [0.05, 0.1) is 18.5 Å². The van der Waals surface area contributed by atoms with Gasteiger partial charge in [0.1, 0.15) is 5.82 Å². The molecule has 3 rings (SSSR count). The lowest BCUT2D eigenvalue weighted by Crippen LogP contribution is -2.28. The molecule has 0 fully saturated rings. The highest BCUT2D eigenvalue weighted by molar-refractivity contribution is 7.88. The molecule has 0 amide bonds. The number of nitrogens with one attached hydrogen (secondary N) is 1. The maximum absolute atomic E-state index is 11.2. The van der Waals surface area contributed by atoms with Crippen molar-refractivity contribution in [2.45, 2.75) is 19.5 Å². The molecule has 0 unspecified atom stereocenters. The van der Waals surface area contributed by atoms with Crippen LogP contribution in [0.5, 0.6) is 0 Å². The first-order valence-corrected chi connectivity index (χ1v) is 8.92. The van der Waals surface area contributed by atoms with E-state index in [2.05, 4.69) is 29.1 Å². The Bertz CT molecular complexity index is 743. The Kier molecular flexibility index (Phi) is 4.08. The van der Waals surface area contributed by atoms with Gasteiger partial charge in [0.2, 0.25) is 16.0 Å². The van der Waals surface area contributed by atoms with Crippen LogP contribution >= 0.6 is 0 Å². The number of fused-ring (bicyclic) bond motifs is 1. The van der Waals surface area contributed by atoms with Crippen molar-refractivity contribution in [3.8, 4) is 0 Å². The Morgan fingerprint density at radius 3 is 2.68 bits per heavy atom. The second-order valence-electron chi connectivity index (χ2n) is 5.20. The van der Waals surface area contributed by atoms with Crippen molar-refractivity contribution < 1.29 is 8.42 Å². The Morgan fingerprint density at radius 2 is 1.95 bits per heavy atom. The van der Waals surface area contributed by atoms with E-state index in [0.717, 1.165) is 43.8 Å². The molecule has 0 saturated heterocycles. The zero-order chi connectivity index (χ0) is 15.6. The van der Waals surface area contributed by atoms with Gasteiger partial charge in [0, 0.05) is 44.6 Å². The number of anilines is 1. The number of hydrogen-bond donors (Lipinski definition) is 1. The Morgan fingerprint density at radius 1 is 1.18 bits per heavy atom. The molecule has 0 bridgehead atoms. The summed E-state index contributed by atoms with van der Waals surface area (Å²) in [6.07, 6.45) is 7.13. The largest absolute Gasteiger partial charge is 0.339 e. The normalized spacial score (nSPS) is 15.4. The van der Waals surface area contributed by atoms with Crippen molar-refractivity contribution >= 4 is 16.0 Å². The number of nitrogens with zero attached hydrogens (tertiary/aromatic N) is 5. The molecule has 118 valence electrons. The monoisotopic (exact) mass is 322 g/mol. The van der Waals surface area contributed by atoms with E-state index in [1.165, 1.54) is 0 Å². The van der Waals surface area contributed by atoms with E-state index in [0.29, 0.717) is 5.95 Å². The van der Waals surface area contributed by atoms with Crippen molar-refractivity contribution in [2.75, 3.05) is 24.2 Å². The summed E-state index contributed by atoms with van der Waals surface area (Å²) in [5.74, 6) is 1.67. The summed E-state index contributed by atoms with van der Waals surface area (Å²) < 4.78 is 27.0. The fraction of sp³-hybridized carbons (Fsp3) is 0.462. The molecule has 0 atom stereocenters. The minimum Gasteiger partial charge on any atom is -0.339 e. The first-order chi connectivity index (χ1) is 10.5. The van der Waals surface area contributed by atoms with Crippen molar-refractivity contribution in [3.05, 3.63) is 36.2 Å². The van der Waals surface area contributed by atoms with E-state index in [1.54, 1.807) is 24.7 Å². The predicted octanol–water partition coefficient (Wildman–Crippen LogP) is -0.215. The highest BCUT2D eigenvalue weighted by Gasteiger charge is 2.19. The minimum atomic E-state index is -3.21. The Hall–Kier alpha value is -2.00. The maximum atomic E-state index is 11.2. The van der Waals surface area contributed by atoms with Crippen LogP contribution in [0.4, 0.5) is 5.95 Å². The van der Waals surface area contributed by atoms with Gasteiger partial charge < -0.3 is 9.47 Å². The molecule has 0 saturated carbocycles. The van der Waals surface area contributed by atoms with Gasteiger partial charge in [0.15, 0.2) is 0 Å². The van der Waals surface area contributed by atoms with Crippen molar-refractivity contribution in [1.82, 2.24) is 24.2 Å². The van der Waals surface area contributed by atoms with E-state index >= 15 is 0 Å². The fourth-order valence-electron chi connectivity index (χ4n) is 2.49. The van der Waals surface area contributed by atoms with Gasteiger partial charge in [-0.25, -0.2) is 28.1 Å². The first-order valence-electron chi connectivity index (χ1n) is 7.03. The maximum Gasteiger partial charge on any atom is 0.225 e. The van der Waals surface area contributed by atoms with Gasteiger partial charge in [-0.2, -0.15) is 0 Å². The molecule has 2 aromatic heterocycles. The van der Waals surface area contributed by atoms with Crippen LogP contribution in [-0.2, 0) is 29.5 Å². The van der Waals surface area contributed by atoms with Crippen LogP contribution < -0.4 is 9.62 Å². The third-order valence-electron chi connectivity index (χ3n) is 3.57. The predicted molar refractivity (Wildman–Crippen MR) is 81.9 cm³/mol. The lowest BCUT2D eigenvalue weighted by atomic mass is 10.4. The van der Waals surface area contributed by atoms with Gasteiger partial charge in [-0.05, 0) is 6.07 Å². The molecule has 22 heavy (non-hydrogen) atoms. The smallest absolute Gasteiger partial charge is 0.225 e. The molecular formula is C13H18N6O2S. The molecule has 9 heteroatoms. The van der Waals surface area contributed by atoms with Crippen LogP contribution in [0, 0.1) is 0 Å². The van der Waals surface area contributed by atoms with Crippen LogP contribution in [0.3, 0.4) is 0 Å². The summed E-state index contributed by atoms with van der Waals surface area (Å²) in [5.41, 5.74) is 0.872. The molecule has 3 heterocycles. The zero-order valence-electron chi connectivity index (χ0n) is 12.3. The van der Waals surface area contributed by atoms with Crippen LogP contribution in [0.2, 0.25) is 0 Å². The van der Waals surface area contributed by atoms with Crippen LogP contribution in [-0.4, -0.2) is 47.3 Å². The number of rotatable bonds is 4. The zero-order valence-corrected chi connectivity index (χ0v) is 13.1. The fourth-order valence-corrected chi connectivity index (χ4v) is 2.90. The Labute approximate surface area is 129 Å². The van der Waals surface area contributed by atoms with Crippen LogP contribution in [0.15, 0.2) is 24.7 Å². The standard InChI is InChI=1S/C13H18N6O2S/c1-22(20,21)17-10-11-9-16-12-3-6-18(7-8-19(11)12)13-14-4-2-5-15-13/h2,4-5,9,17H,3,6-8,10H2,1H3. The van der Waals surface area contributed by atoms with Gasteiger partial charge in [-0.15, -0.1) is 0 Å². The summed E-state index contributed by atoms with van der Waals surface area (Å²) in [4.78, 5) is 15.1. The molecule has 2 aromatic rings. The second kappa shape index (κ2) is 6.01. The third kappa shape index (κ3) is 3.42. The summed E-state index contributed by atoms with van der Waals surface area (Å²) in [6, 6.07) is 1.79.